The molecule has 1 fully saturated rings. The fourth-order valence-electron chi connectivity index (χ4n) is 4.78. The molecule has 1 atom stereocenters. The van der Waals surface area contributed by atoms with Gasteiger partial charge in [0.15, 0.2) is 0 Å². The molecule has 37 heavy (non-hydrogen) atoms. The molecule has 0 saturated carbocycles. The third kappa shape index (κ3) is 5.88. The van der Waals surface area contributed by atoms with E-state index in [-0.39, 0.29) is 12.0 Å². The average Bonchev–Trinajstić information content (AvgIpc) is 3.32. The molecule has 0 spiro atoms. The number of carbonyl (C=O) groups excluding carboxylic acids is 1. The summed E-state index contributed by atoms with van der Waals surface area (Å²) in [6, 6.07) is 16.3. The van der Waals surface area contributed by atoms with Gasteiger partial charge in [0.2, 0.25) is 0 Å². The highest BCUT2D eigenvalue weighted by atomic mass is 35.5. The number of fused-ring (bicyclic) bond motifs is 1. The summed E-state index contributed by atoms with van der Waals surface area (Å²) in [6.45, 7) is 7.67. The maximum atomic E-state index is 12.7. The molecule has 1 unspecified atom stereocenters. The summed E-state index contributed by atoms with van der Waals surface area (Å²) in [5.41, 5.74) is 4.38. The summed E-state index contributed by atoms with van der Waals surface area (Å²) in [6.07, 6.45) is 5.12. The highest BCUT2D eigenvalue weighted by molar-refractivity contribution is 6.34. The fourth-order valence-corrected chi connectivity index (χ4v) is 5.04. The lowest BCUT2D eigenvalue weighted by atomic mass is 9.94. The van der Waals surface area contributed by atoms with Gasteiger partial charge in [-0.1, -0.05) is 41.9 Å². The number of aromatic amines is 1. The van der Waals surface area contributed by atoms with Crippen molar-refractivity contribution in [1.82, 2.24) is 19.9 Å². The van der Waals surface area contributed by atoms with Crippen molar-refractivity contribution in [1.29, 1.82) is 0 Å². The van der Waals surface area contributed by atoms with Crippen molar-refractivity contribution < 1.29 is 9.53 Å². The normalized spacial score (nSPS) is 16.1. The second-order valence-corrected chi connectivity index (χ2v) is 10.9. The van der Waals surface area contributed by atoms with E-state index >= 15 is 0 Å². The van der Waals surface area contributed by atoms with Crippen LogP contribution < -0.4 is 5.32 Å². The minimum atomic E-state index is -0.514. The number of nitrogens with one attached hydrogen (secondary N) is 2. The van der Waals surface area contributed by atoms with Gasteiger partial charge in [0, 0.05) is 54.6 Å². The number of piperidine rings is 1. The molecular weight excluding hydrogens is 486 g/mol. The van der Waals surface area contributed by atoms with E-state index in [1.54, 1.807) is 17.3 Å². The van der Waals surface area contributed by atoms with Crippen molar-refractivity contribution >= 4 is 34.5 Å². The number of hydrogen-bond donors (Lipinski definition) is 2. The highest BCUT2D eigenvalue weighted by Crippen LogP contribution is 2.37. The molecule has 0 aliphatic carbocycles. The van der Waals surface area contributed by atoms with Crippen LogP contribution in [0, 0.1) is 0 Å². The molecule has 3 aromatic heterocycles. The Balaban J connectivity index is 1.40. The fraction of sp³-hybridized carbons (Fsp3) is 0.345. The van der Waals surface area contributed by atoms with Gasteiger partial charge in [0.05, 0.1) is 5.02 Å². The molecule has 7 nitrogen and oxygen atoms in total. The second kappa shape index (κ2) is 10.4. The molecule has 8 heteroatoms. The summed E-state index contributed by atoms with van der Waals surface area (Å²) < 4.78 is 5.61. The molecule has 0 bridgehead atoms. The number of rotatable bonds is 5. The van der Waals surface area contributed by atoms with Gasteiger partial charge in [0.25, 0.3) is 0 Å². The van der Waals surface area contributed by atoms with Crippen molar-refractivity contribution in [2.75, 3.05) is 18.4 Å². The van der Waals surface area contributed by atoms with Crippen LogP contribution in [-0.2, 0) is 11.3 Å². The Morgan fingerprint density at radius 3 is 2.78 bits per heavy atom. The topological polar surface area (TPSA) is 83.1 Å². The predicted molar refractivity (Wildman–Crippen MR) is 148 cm³/mol. The molecule has 1 aliphatic heterocycles. The van der Waals surface area contributed by atoms with Gasteiger partial charge in [-0.25, -0.2) is 14.8 Å². The zero-order valence-corrected chi connectivity index (χ0v) is 22.2. The summed E-state index contributed by atoms with van der Waals surface area (Å²) in [7, 11) is 0. The summed E-state index contributed by atoms with van der Waals surface area (Å²) >= 11 is 6.70. The Morgan fingerprint density at radius 2 is 2.00 bits per heavy atom. The Hall–Kier alpha value is -3.58. The van der Waals surface area contributed by atoms with Gasteiger partial charge in [-0.2, -0.15) is 0 Å². The predicted octanol–water partition coefficient (Wildman–Crippen LogP) is 7.00. The van der Waals surface area contributed by atoms with Crippen molar-refractivity contribution in [3.8, 4) is 11.1 Å². The molecule has 4 heterocycles. The Kier molecular flexibility index (Phi) is 7.07. The number of carbonyl (C=O) groups is 1. The first kappa shape index (κ1) is 25.1. The monoisotopic (exact) mass is 517 g/mol. The molecule has 192 valence electrons. The van der Waals surface area contributed by atoms with Crippen LogP contribution in [0.1, 0.15) is 50.8 Å². The average molecular weight is 518 g/mol. The number of pyridine rings is 2. The van der Waals surface area contributed by atoms with Gasteiger partial charge in [-0.05, 0) is 62.9 Å². The van der Waals surface area contributed by atoms with Crippen LogP contribution >= 0.6 is 11.6 Å². The molecule has 1 aromatic carbocycles. The summed E-state index contributed by atoms with van der Waals surface area (Å²) in [5.74, 6) is 0.945. The van der Waals surface area contributed by atoms with Crippen LogP contribution in [-0.4, -0.2) is 44.6 Å². The highest BCUT2D eigenvalue weighted by Gasteiger charge is 2.29. The maximum absolute atomic E-state index is 12.7. The molecule has 1 amide bonds. The number of hydrogen-bond acceptors (Lipinski definition) is 5. The van der Waals surface area contributed by atoms with Crippen molar-refractivity contribution in [2.24, 2.45) is 0 Å². The second-order valence-electron chi connectivity index (χ2n) is 10.5. The zero-order valence-electron chi connectivity index (χ0n) is 21.4. The van der Waals surface area contributed by atoms with E-state index in [1.165, 1.54) is 5.56 Å². The van der Waals surface area contributed by atoms with Crippen molar-refractivity contribution in [3.05, 3.63) is 77.2 Å². The van der Waals surface area contributed by atoms with E-state index in [1.807, 2.05) is 51.1 Å². The van der Waals surface area contributed by atoms with Gasteiger partial charge in [0.1, 0.15) is 17.1 Å². The van der Waals surface area contributed by atoms with Crippen LogP contribution in [0.3, 0.4) is 0 Å². The number of likely N-dealkylation sites (tertiary alicyclic amines) is 1. The molecule has 1 saturated heterocycles. The Bertz CT molecular complexity index is 1400. The van der Waals surface area contributed by atoms with Crippen molar-refractivity contribution in [3.63, 3.8) is 0 Å². The molecular formula is C29H32ClN5O2. The lowest BCUT2D eigenvalue weighted by Crippen LogP contribution is -2.42. The van der Waals surface area contributed by atoms with E-state index in [9.17, 15) is 4.79 Å². The Morgan fingerprint density at radius 1 is 1.19 bits per heavy atom. The van der Waals surface area contributed by atoms with Gasteiger partial charge in [-0.15, -0.1) is 0 Å². The minimum absolute atomic E-state index is 0.169. The SMILES string of the molecule is CC(C)(C)OC(=O)N1CCCC(c2cc3c(-c4ccnc(NCc5ccccc5)c4)c(Cl)cnc3[nH]2)C1. The first-order valence-corrected chi connectivity index (χ1v) is 13.0. The van der Waals surface area contributed by atoms with E-state index in [2.05, 4.69) is 38.5 Å². The largest absolute Gasteiger partial charge is 0.444 e. The molecule has 0 radical (unpaired) electrons. The molecule has 5 rings (SSSR count). The van der Waals surface area contributed by atoms with E-state index in [0.717, 1.165) is 46.5 Å². The Labute approximate surface area is 222 Å². The number of H-pyrrole nitrogens is 1. The number of anilines is 1. The van der Waals surface area contributed by atoms with E-state index in [4.69, 9.17) is 16.3 Å². The summed E-state index contributed by atoms with van der Waals surface area (Å²) in [5, 5.41) is 4.94. The van der Waals surface area contributed by atoms with Crippen LogP contribution in [0.5, 0.6) is 0 Å². The van der Waals surface area contributed by atoms with Gasteiger partial charge in [-0.3, -0.25) is 0 Å². The van der Waals surface area contributed by atoms with Crippen LogP contribution in [0.4, 0.5) is 10.6 Å². The first-order valence-electron chi connectivity index (χ1n) is 12.7. The third-order valence-electron chi connectivity index (χ3n) is 6.51. The third-order valence-corrected chi connectivity index (χ3v) is 6.80. The van der Waals surface area contributed by atoms with Crippen LogP contribution in [0.2, 0.25) is 5.02 Å². The van der Waals surface area contributed by atoms with E-state index < -0.39 is 5.60 Å². The molecule has 4 aromatic rings. The molecule has 1 aliphatic rings. The number of ether oxygens (including phenoxy) is 1. The van der Waals surface area contributed by atoms with E-state index in [0.29, 0.717) is 24.7 Å². The quantitative estimate of drug-likeness (QED) is 0.297. The van der Waals surface area contributed by atoms with Crippen LogP contribution in [0.15, 0.2) is 60.9 Å². The first-order chi connectivity index (χ1) is 17.8. The van der Waals surface area contributed by atoms with Gasteiger partial charge >= 0.3 is 6.09 Å². The number of aromatic nitrogens is 3. The minimum Gasteiger partial charge on any atom is -0.444 e. The van der Waals surface area contributed by atoms with Crippen molar-refractivity contribution in [2.45, 2.75) is 51.7 Å². The van der Waals surface area contributed by atoms with Crippen LogP contribution in [0.25, 0.3) is 22.2 Å². The maximum Gasteiger partial charge on any atom is 0.410 e. The van der Waals surface area contributed by atoms with Gasteiger partial charge < -0.3 is 19.9 Å². The smallest absolute Gasteiger partial charge is 0.410 e. The molecule has 2 N–H and O–H groups in total. The summed E-state index contributed by atoms with van der Waals surface area (Å²) in [4.78, 5) is 27.0. The number of benzene rings is 1. The lowest BCUT2D eigenvalue weighted by Gasteiger charge is -2.33. The lowest BCUT2D eigenvalue weighted by molar-refractivity contribution is 0.0197. The number of amides is 1. The number of halogens is 1. The zero-order chi connectivity index (χ0) is 26.0. The number of nitrogens with zero attached hydrogens (tertiary/aromatic N) is 3. The standard InChI is InChI=1S/C29H32ClN5O2/c1-29(2,3)37-28(36)35-13-7-10-21(18-35)24-15-22-26(23(30)17-33-27(22)34-24)20-11-12-31-25(14-20)32-16-19-8-5-4-6-9-19/h4-6,8-9,11-12,14-15,17,21H,7,10,13,16,18H2,1-3H3,(H,31,32)(H,33,34).